The van der Waals surface area contributed by atoms with Crippen LogP contribution < -0.4 is 0 Å². The standard InChI is InChI=1S/C44H26N4/c1-3-22-39-33(16-1)35-18-8-20-37-41(35)47(39)43(45-37)31-14-6-12-29(25-31)27-10-5-11-28(24-27)30-13-7-15-32(26-30)44-46-38-21-9-19-36-34-17-2-4-23-40(34)48(44)42(36)38/h1-26H. The Kier molecular flexibility index (Phi) is 5.08. The van der Waals surface area contributed by atoms with Gasteiger partial charge in [-0.3, -0.25) is 8.80 Å². The molecule has 0 saturated heterocycles. The van der Waals surface area contributed by atoms with E-state index >= 15 is 0 Å². The molecule has 11 aromatic rings. The first-order valence-corrected chi connectivity index (χ1v) is 16.3. The molecule has 0 saturated carbocycles. The van der Waals surface area contributed by atoms with Gasteiger partial charge in [0.2, 0.25) is 0 Å². The van der Waals surface area contributed by atoms with Crippen molar-refractivity contribution in [2.24, 2.45) is 0 Å². The van der Waals surface area contributed by atoms with E-state index in [2.05, 4.69) is 167 Å². The molecule has 0 spiro atoms. The monoisotopic (exact) mass is 610 g/mol. The Bertz CT molecular complexity index is 2810. The molecule has 0 aliphatic rings. The highest BCUT2D eigenvalue weighted by Gasteiger charge is 2.20. The molecule has 0 radical (unpaired) electrons. The molecular formula is C44H26N4. The lowest BCUT2D eigenvalue weighted by Crippen LogP contribution is -1.90. The van der Waals surface area contributed by atoms with E-state index in [4.69, 9.17) is 9.97 Å². The second-order valence-electron chi connectivity index (χ2n) is 12.7. The molecule has 4 heterocycles. The van der Waals surface area contributed by atoms with Crippen LogP contribution in [0.1, 0.15) is 0 Å². The highest BCUT2D eigenvalue weighted by atomic mass is 15.0. The van der Waals surface area contributed by atoms with Gasteiger partial charge < -0.3 is 0 Å². The molecule has 222 valence electrons. The van der Waals surface area contributed by atoms with E-state index in [1.807, 2.05) is 0 Å². The maximum Gasteiger partial charge on any atom is 0.145 e. The van der Waals surface area contributed by atoms with E-state index < -0.39 is 0 Å². The molecule has 0 fully saturated rings. The quantitative estimate of drug-likeness (QED) is 0.199. The van der Waals surface area contributed by atoms with Gasteiger partial charge in [0.1, 0.15) is 11.6 Å². The van der Waals surface area contributed by atoms with Gasteiger partial charge in [0.05, 0.1) is 33.1 Å². The number of fused-ring (bicyclic) bond motifs is 6. The molecule has 4 heteroatoms. The van der Waals surface area contributed by atoms with Crippen LogP contribution in [0.25, 0.3) is 99.7 Å². The number of nitrogens with zero attached hydrogens (tertiary/aromatic N) is 4. The van der Waals surface area contributed by atoms with Gasteiger partial charge in [-0.05, 0) is 64.7 Å². The topological polar surface area (TPSA) is 34.6 Å². The summed E-state index contributed by atoms with van der Waals surface area (Å²) in [7, 11) is 0. The van der Waals surface area contributed by atoms with Crippen molar-refractivity contribution >= 4 is 54.6 Å². The fourth-order valence-electron chi connectivity index (χ4n) is 7.89. The molecule has 0 aliphatic heterocycles. The number of para-hydroxylation sites is 4. The molecule has 48 heavy (non-hydrogen) atoms. The van der Waals surface area contributed by atoms with Crippen LogP contribution in [0.4, 0.5) is 0 Å². The van der Waals surface area contributed by atoms with E-state index in [0.717, 1.165) is 44.9 Å². The predicted molar refractivity (Wildman–Crippen MR) is 198 cm³/mol. The summed E-state index contributed by atoms with van der Waals surface area (Å²) in [6.45, 7) is 0. The summed E-state index contributed by atoms with van der Waals surface area (Å²) < 4.78 is 4.65. The Morgan fingerprint density at radius 3 is 1.12 bits per heavy atom. The summed E-state index contributed by atoms with van der Waals surface area (Å²) >= 11 is 0. The van der Waals surface area contributed by atoms with Gasteiger partial charge in [-0.25, -0.2) is 9.97 Å². The van der Waals surface area contributed by atoms with Crippen LogP contribution in [0.3, 0.4) is 0 Å². The van der Waals surface area contributed by atoms with Crippen LogP contribution in [-0.4, -0.2) is 18.8 Å². The lowest BCUT2D eigenvalue weighted by Gasteiger charge is -2.09. The number of hydrogen-bond donors (Lipinski definition) is 0. The molecule has 4 nitrogen and oxygen atoms in total. The normalized spacial score (nSPS) is 12.2. The molecule has 4 aromatic heterocycles. The Hall–Kier alpha value is -6.52. The van der Waals surface area contributed by atoms with E-state index in [9.17, 15) is 0 Å². The second kappa shape index (κ2) is 9.50. The van der Waals surface area contributed by atoms with Crippen molar-refractivity contribution in [2.75, 3.05) is 0 Å². The summed E-state index contributed by atoms with van der Waals surface area (Å²) in [5, 5.41) is 5.01. The smallest absolute Gasteiger partial charge is 0.145 e. The third-order valence-electron chi connectivity index (χ3n) is 9.99. The van der Waals surface area contributed by atoms with Crippen LogP contribution in [-0.2, 0) is 0 Å². The van der Waals surface area contributed by atoms with Crippen molar-refractivity contribution in [1.82, 2.24) is 18.8 Å². The van der Waals surface area contributed by atoms with Crippen molar-refractivity contribution < 1.29 is 0 Å². The Morgan fingerprint density at radius 2 is 0.667 bits per heavy atom. The zero-order chi connectivity index (χ0) is 31.3. The van der Waals surface area contributed by atoms with E-state index in [1.54, 1.807) is 0 Å². The predicted octanol–water partition coefficient (Wildman–Crippen LogP) is 11.1. The average molecular weight is 611 g/mol. The zero-order valence-electron chi connectivity index (χ0n) is 25.8. The maximum absolute atomic E-state index is 5.13. The molecule has 0 amide bonds. The minimum atomic E-state index is 0.970. The van der Waals surface area contributed by atoms with Crippen LogP contribution in [0.5, 0.6) is 0 Å². The highest BCUT2D eigenvalue weighted by molar-refractivity contribution is 6.15. The number of benzene rings is 7. The van der Waals surface area contributed by atoms with Gasteiger partial charge in [0.25, 0.3) is 0 Å². The van der Waals surface area contributed by atoms with E-state index in [0.29, 0.717) is 0 Å². The van der Waals surface area contributed by atoms with Crippen molar-refractivity contribution in [3.05, 3.63) is 158 Å². The van der Waals surface area contributed by atoms with Gasteiger partial charge >= 0.3 is 0 Å². The molecular weight excluding hydrogens is 585 g/mol. The molecule has 11 rings (SSSR count). The van der Waals surface area contributed by atoms with Crippen LogP contribution >= 0.6 is 0 Å². The van der Waals surface area contributed by atoms with Crippen molar-refractivity contribution in [3.63, 3.8) is 0 Å². The first-order chi connectivity index (χ1) is 23.8. The number of imidazole rings is 2. The molecule has 0 atom stereocenters. The molecule has 0 N–H and O–H groups in total. The summed E-state index contributed by atoms with van der Waals surface area (Å²) in [5.74, 6) is 1.94. The van der Waals surface area contributed by atoms with Crippen LogP contribution in [0, 0.1) is 0 Å². The molecule has 0 aliphatic carbocycles. The number of hydrogen-bond acceptors (Lipinski definition) is 2. The first kappa shape index (κ1) is 25.6. The van der Waals surface area contributed by atoms with E-state index in [-0.39, 0.29) is 0 Å². The SMILES string of the molecule is c1cc(-c2cccc(-c3nc4cccc5c6ccccc6n3c45)c2)cc(-c2cccc(-c3nc4cccc5c6ccccc6n3c45)c2)c1. The summed E-state index contributed by atoms with van der Waals surface area (Å²) in [6.07, 6.45) is 0. The highest BCUT2D eigenvalue weighted by Crippen LogP contribution is 2.39. The lowest BCUT2D eigenvalue weighted by molar-refractivity contribution is 1.23. The minimum absolute atomic E-state index is 0.970. The van der Waals surface area contributed by atoms with Gasteiger partial charge in [-0.1, -0.05) is 115 Å². The first-order valence-electron chi connectivity index (χ1n) is 16.3. The lowest BCUT2D eigenvalue weighted by atomic mass is 9.97. The Balaban J connectivity index is 1.02. The van der Waals surface area contributed by atoms with Crippen molar-refractivity contribution in [3.8, 4) is 45.0 Å². The van der Waals surface area contributed by atoms with E-state index in [1.165, 1.54) is 54.7 Å². The van der Waals surface area contributed by atoms with Gasteiger partial charge in [-0.15, -0.1) is 0 Å². The Labute approximate surface area is 275 Å². The third-order valence-corrected chi connectivity index (χ3v) is 9.99. The fourth-order valence-corrected chi connectivity index (χ4v) is 7.89. The van der Waals surface area contributed by atoms with Gasteiger partial charge in [-0.2, -0.15) is 0 Å². The van der Waals surface area contributed by atoms with Gasteiger partial charge in [0, 0.05) is 32.7 Å². The molecule has 0 bridgehead atoms. The molecule has 7 aromatic carbocycles. The summed E-state index contributed by atoms with van der Waals surface area (Å²) in [6, 6.07) is 56.5. The number of rotatable bonds is 4. The minimum Gasteiger partial charge on any atom is -0.291 e. The number of aromatic nitrogens is 4. The van der Waals surface area contributed by atoms with Crippen LogP contribution in [0.2, 0.25) is 0 Å². The average Bonchev–Trinajstić information content (AvgIpc) is 3.92. The zero-order valence-corrected chi connectivity index (χ0v) is 25.8. The third kappa shape index (κ3) is 3.49. The maximum atomic E-state index is 5.13. The van der Waals surface area contributed by atoms with Crippen molar-refractivity contribution in [1.29, 1.82) is 0 Å². The van der Waals surface area contributed by atoms with Gasteiger partial charge in [0.15, 0.2) is 0 Å². The summed E-state index contributed by atoms with van der Waals surface area (Å²) in [4.78, 5) is 10.3. The largest absolute Gasteiger partial charge is 0.291 e. The Morgan fingerprint density at radius 1 is 0.312 bits per heavy atom. The second-order valence-corrected chi connectivity index (χ2v) is 12.7. The van der Waals surface area contributed by atoms with Crippen molar-refractivity contribution in [2.45, 2.75) is 0 Å². The summed E-state index contributed by atoms with van der Waals surface area (Å²) in [5.41, 5.74) is 13.6. The molecule has 0 unspecified atom stereocenters. The van der Waals surface area contributed by atoms with Crippen LogP contribution in [0.15, 0.2) is 158 Å². The fraction of sp³-hybridized carbons (Fsp3) is 0.